The molecule has 1 N–H and O–H groups in total. The molecule has 0 spiro atoms. The molecule has 0 aliphatic carbocycles. The van der Waals surface area contributed by atoms with Crippen LogP contribution in [0.3, 0.4) is 0 Å². The first kappa shape index (κ1) is 14.1. The van der Waals surface area contributed by atoms with Gasteiger partial charge >= 0.3 is 0 Å². The van der Waals surface area contributed by atoms with E-state index in [2.05, 4.69) is 4.98 Å². The number of hydrogen-bond acceptors (Lipinski definition) is 4. The Morgan fingerprint density at radius 3 is 3.00 bits per heavy atom. The first-order chi connectivity index (χ1) is 9.09. The van der Waals surface area contributed by atoms with Gasteiger partial charge in [-0.05, 0) is 33.1 Å². The second-order valence-corrected chi connectivity index (χ2v) is 5.35. The molecule has 0 saturated carbocycles. The number of likely N-dealkylation sites (tertiary alicyclic amines) is 1. The highest BCUT2D eigenvalue weighted by molar-refractivity contribution is 5.92. The van der Waals surface area contributed by atoms with Gasteiger partial charge in [0.1, 0.15) is 0 Å². The summed E-state index contributed by atoms with van der Waals surface area (Å²) in [7, 11) is 0. The number of aryl methyl sites for hydroxylation is 1. The lowest BCUT2D eigenvalue weighted by molar-refractivity contribution is 0.0575. The summed E-state index contributed by atoms with van der Waals surface area (Å²) < 4.78 is 5.21. The molecular weight excluding hydrogens is 244 g/mol. The number of aliphatic hydroxyl groups excluding tert-OH is 1. The molecule has 1 aromatic rings. The Bertz CT molecular complexity index is 428. The lowest BCUT2D eigenvalue weighted by Crippen LogP contribution is -2.41. The standard InChI is InChI=1S/C14H22N2O3/c1-10(17)8-12-6-4-3-5-7-16(12)14(18)13-11(2)15-9-19-13/h9-10,12,17H,3-8H2,1-2H3. The van der Waals surface area contributed by atoms with Gasteiger partial charge in [-0.3, -0.25) is 4.79 Å². The number of aliphatic hydroxyl groups is 1. The number of carbonyl (C=O) groups excluding carboxylic acids is 1. The van der Waals surface area contributed by atoms with Crippen LogP contribution in [-0.2, 0) is 0 Å². The first-order valence-corrected chi connectivity index (χ1v) is 6.98. The molecule has 5 nitrogen and oxygen atoms in total. The average molecular weight is 266 g/mol. The SMILES string of the molecule is Cc1ncoc1C(=O)N1CCCCCC1CC(C)O. The maximum Gasteiger partial charge on any atom is 0.291 e. The van der Waals surface area contributed by atoms with Gasteiger partial charge in [0.25, 0.3) is 5.91 Å². The predicted molar refractivity (Wildman–Crippen MR) is 70.8 cm³/mol. The first-order valence-electron chi connectivity index (χ1n) is 6.98. The largest absolute Gasteiger partial charge is 0.438 e. The lowest BCUT2D eigenvalue weighted by Gasteiger charge is -2.30. The van der Waals surface area contributed by atoms with Crippen LogP contribution in [0.2, 0.25) is 0 Å². The monoisotopic (exact) mass is 266 g/mol. The summed E-state index contributed by atoms with van der Waals surface area (Å²) >= 11 is 0. The van der Waals surface area contributed by atoms with Crippen molar-refractivity contribution in [1.82, 2.24) is 9.88 Å². The van der Waals surface area contributed by atoms with Crippen LogP contribution in [-0.4, -0.2) is 39.6 Å². The molecule has 1 aromatic heterocycles. The molecule has 106 valence electrons. The molecule has 0 radical (unpaired) electrons. The topological polar surface area (TPSA) is 66.6 Å². The fourth-order valence-corrected chi connectivity index (χ4v) is 2.72. The van der Waals surface area contributed by atoms with Crippen molar-refractivity contribution in [1.29, 1.82) is 0 Å². The van der Waals surface area contributed by atoms with Crippen molar-refractivity contribution in [3.05, 3.63) is 17.8 Å². The molecule has 1 aliphatic heterocycles. The van der Waals surface area contributed by atoms with E-state index < -0.39 is 6.10 Å². The van der Waals surface area contributed by atoms with Crippen molar-refractivity contribution in [2.45, 2.75) is 58.1 Å². The van der Waals surface area contributed by atoms with Crippen LogP contribution < -0.4 is 0 Å². The van der Waals surface area contributed by atoms with Gasteiger partial charge in [-0.2, -0.15) is 0 Å². The Balaban J connectivity index is 2.17. The van der Waals surface area contributed by atoms with Crippen LogP contribution in [0.1, 0.15) is 55.3 Å². The molecule has 2 rings (SSSR count). The molecule has 1 aliphatic rings. The van der Waals surface area contributed by atoms with Crippen LogP contribution in [0.4, 0.5) is 0 Å². The van der Waals surface area contributed by atoms with Crippen molar-refractivity contribution in [2.75, 3.05) is 6.54 Å². The van der Waals surface area contributed by atoms with Crippen molar-refractivity contribution in [3.8, 4) is 0 Å². The maximum absolute atomic E-state index is 12.5. The summed E-state index contributed by atoms with van der Waals surface area (Å²) in [6.07, 6.45) is 5.74. The van der Waals surface area contributed by atoms with Crippen LogP contribution in [0, 0.1) is 6.92 Å². The van der Waals surface area contributed by atoms with Gasteiger partial charge in [-0.15, -0.1) is 0 Å². The summed E-state index contributed by atoms with van der Waals surface area (Å²) in [5.41, 5.74) is 0.630. The minimum absolute atomic E-state index is 0.0949. The van der Waals surface area contributed by atoms with E-state index in [1.807, 2.05) is 4.90 Å². The molecule has 0 aromatic carbocycles. The van der Waals surface area contributed by atoms with E-state index in [9.17, 15) is 9.90 Å². The molecule has 2 unspecified atom stereocenters. The molecule has 19 heavy (non-hydrogen) atoms. The van der Waals surface area contributed by atoms with Gasteiger partial charge in [0.2, 0.25) is 5.76 Å². The van der Waals surface area contributed by atoms with E-state index in [0.29, 0.717) is 17.9 Å². The number of amides is 1. The third kappa shape index (κ3) is 3.35. The number of carbonyl (C=O) groups is 1. The van der Waals surface area contributed by atoms with Crippen LogP contribution in [0.5, 0.6) is 0 Å². The number of rotatable bonds is 3. The highest BCUT2D eigenvalue weighted by atomic mass is 16.3. The molecule has 2 heterocycles. The molecule has 1 amide bonds. The number of aromatic nitrogens is 1. The zero-order valence-corrected chi connectivity index (χ0v) is 11.6. The quantitative estimate of drug-likeness (QED) is 0.910. The van der Waals surface area contributed by atoms with Crippen molar-refractivity contribution in [3.63, 3.8) is 0 Å². The van der Waals surface area contributed by atoms with E-state index in [-0.39, 0.29) is 11.9 Å². The summed E-state index contributed by atoms with van der Waals surface area (Å²) in [4.78, 5) is 18.4. The van der Waals surface area contributed by atoms with Gasteiger partial charge in [0, 0.05) is 12.6 Å². The van der Waals surface area contributed by atoms with Gasteiger partial charge in [0.15, 0.2) is 6.39 Å². The second kappa shape index (κ2) is 6.19. The second-order valence-electron chi connectivity index (χ2n) is 5.35. The van der Waals surface area contributed by atoms with Crippen LogP contribution in [0.15, 0.2) is 10.8 Å². The zero-order valence-electron chi connectivity index (χ0n) is 11.6. The van der Waals surface area contributed by atoms with Crippen LogP contribution in [0.25, 0.3) is 0 Å². The Hall–Kier alpha value is -1.36. The van der Waals surface area contributed by atoms with Gasteiger partial charge in [0.05, 0.1) is 11.8 Å². The normalized spacial score (nSPS) is 22.1. The number of oxazole rings is 1. The third-order valence-corrected chi connectivity index (χ3v) is 3.69. The Morgan fingerprint density at radius 2 is 2.37 bits per heavy atom. The fourth-order valence-electron chi connectivity index (χ4n) is 2.72. The Labute approximate surface area is 113 Å². The van der Waals surface area contributed by atoms with E-state index in [1.54, 1.807) is 13.8 Å². The number of nitrogens with zero attached hydrogens (tertiary/aromatic N) is 2. The molecule has 1 fully saturated rings. The van der Waals surface area contributed by atoms with Gasteiger partial charge in [-0.1, -0.05) is 12.8 Å². The van der Waals surface area contributed by atoms with Crippen molar-refractivity contribution in [2.24, 2.45) is 0 Å². The highest BCUT2D eigenvalue weighted by Crippen LogP contribution is 2.23. The van der Waals surface area contributed by atoms with Crippen LogP contribution >= 0.6 is 0 Å². The predicted octanol–water partition coefficient (Wildman–Crippen LogP) is 2.14. The summed E-state index contributed by atoms with van der Waals surface area (Å²) in [6, 6.07) is 0.0968. The van der Waals surface area contributed by atoms with E-state index in [4.69, 9.17) is 4.42 Å². The van der Waals surface area contributed by atoms with E-state index in [0.717, 1.165) is 32.2 Å². The maximum atomic E-state index is 12.5. The summed E-state index contributed by atoms with van der Waals surface area (Å²) in [5, 5.41) is 9.61. The summed E-state index contributed by atoms with van der Waals surface area (Å²) in [5.74, 6) is 0.236. The minimum atomic E-state index is -0.394. The Kier molecular flexibility index (Phi) is 4.58. The third-order valence-electron chi connectivity index (χ3n) is 3.69. The fraction of sp³-hybridized carbons (Fsp3) is 0.714. The molecule has 5 heteroatoms. The van der Waals surface area contributed by atoms with Crippen molar-refractivity contribution < 1.29 is 14.3 Å². The minimum Gasteiger partial charge on any atom is -0.438 e. The molecule has 0 bridgehead atoms. The lowest BCUT2D eigenvalue weighted by atomic mass is 10.0. The average Bonchev–Trinajstić information content (AvgIpc) is 2.64. The van der Waals surface area contributed by atoms with E-state index in [1.165, 1.54) is 6.39 Å². The van der Waals surface area contributed by atoms with E-state index >= 15 is 0 Å². The van der Waals surface area contributed by atoms with Gasteiger partial charge < -0.3 is 14.4 Å². The molecule has 1 saturated heterocycles. The highest BCUT2D eigenvalue weighted by Gasteiger charge is 2.29. The summed E-state index contributed by atoms with van der Waals surface area (Å²) in [6.45, 7) is 4.28. The Morgan fingerprint density at radius 1 is 1.58 bits per heavy atom. The molecule has 2 atom stereocenters. The smallest absolute Gasteiger partial charge is 0.291 e. The van der Waals surface area contributed by atoms with Gasteiger partial charge in [-0.25, -0.2) is 4.98 Å². The molecular formula is C14H22N2O3. The number of hydrogen-bond donors (Lipinski definition) is 1. The van der Waals surface area contributed by atoms with Crippen molar-refractivity contribution >= 4 is 5.91 Å². The zero-order chi connectivity index (χ0) is 13.8.